The summed E-state index contributed by atoms with van der Waals surface area (Å²) in [4.78, 5) is 0. The summed E-state index contributed by atoms with van der Waals surface area (Å²) in [6.45, 7) is 5.95. The highest BCUT2D eigenvalue weighted by Crippen LogP contribution is 2.06. The van der Waals surface area contributed by atoms with Crippen LogP contribution >= 0.6 is 0 Å². The predicted octanol–water partition coefficient (Wildman–Crippen LogP) is 1.39. The van der Waals surface area contributed by atoms with Crippen LogP contribution in [0.4, 0.5) is 0 Å². The van der Waals surface area contributed by atoms with Gasteiger partial charge in [0.15, 0.2) is 0 Å². The van der Waals surface area contributed by atoms with Crippen LogP contribution in [0.2, 0.25) is 0 Å². The molecule has 68 valence electrons. The Morgan fingerprint density at radius 2 is 2.17 bits per heavy atom. The first kappa shape index (κ1) is 9.26. The molecule has 3 nitrogen and oxygen atoms in total. The predicted molar refractivity (Wildman–Crippen MR) is 48.0 cm³/mol. The van der Waals surface area contributed by atoms with Crippen molar-refractivity contribution >= 4 is 0 Å². The fourth-order valence-corrected chi connectivity index (χ4v) is 1.11. The molecule has 0 aliphatic carbocycles. The minimum atomic E-state index is -0.283. The summed E-state index contributed by atoms with van der Waals surface area (Å²) in [7, 11) is 0. The third-order valence-electron chi connectivity index (χ3n) is 1.72. The SMILES string of the molecule is CC(C)n1cc(C[C@H](C)O)cn1. The van der Waals surface area contributed by atoms with E-state index in [2.05, 4.69) is 18.9 Å². The molecule has 0 bridgehead atoms. The fourth-order valence-electron chi connectivity index (χ4n) is 1.11. The van der Waals surface area contributed by atoms with Gasteiger partial charge >= 0.3 is 0 Å². The smallest absolute Gasteiger partial charge is 0.0553 e. The van der Waals surface area contributed by atoms with Gasteiger partial charge in [-0.05, 0) is 26.3 Å². The van der Waals surface area contributed by atoms with Crippen LogP contribution in [0.5, 0.6) is 0 Å². The van der Waals surface area contributed by atoms with Crippen LogP contribution in [0.1, 0.15) is 32.4 Å². The maximum Gasteiger partial charge on any atom is 0.0553 e. The van der Waals surface area contributed by atoms with Crippen LogP contribution in [0.3, 0.4) is 0 Å². The van der Waals surface area contributed by atoms with Crippen molar-refractivity contribution in [1.82, 2.24) is 9.78 Å². The number of aromatic nitrogens is 2. The summed E-state index contributed by atoms with van der Waals surface area (Å²) in [6, 6.07) is 0.396. The van der Waals surface area contributed by atoms with Gasteiger partial charge in [-0.25, -0.2) is 0 Å². The lowest BCUT2D eigenvalue weighted by Crippen LogP contribution is -2.03. The lowest BCUT2D eigenvalue weighted by molar-refractivity contribution is 0.195. The minimum Gasteiger partial charge on any atom is -0.393 e. The van der Waals surface area contributed by atoms with E-state index in [9.17, 15) is 0 Å². The third kappa shape index (κ3) is 2.34. The monoisotopic (exact) mass is 168 g/mol. The molecule has 0 amide bonds. The quantitative estimate of drug-likeness (QED) is 0.740. The van der Waals surface area contributed by atoms with E-state index in [0.29, 0.717) is 12.5 Å². The average Bonchev–Trinajstić information content (AvgIpc) is 2.34. The number of hydrogen-bond acceptors (Lipinski definition) is 2. The zero-order chi connectivity index (χ0) is 9.14. The van der Waals surface area contributed by atoms with E-state index in [4.69, 9.17) is 5.11 Å². The van der Waals surface area contributed by atoms with Crippen LogP contribution in [0.15, 0.2) is 12.4 Å². The van der Waals surface area contributed by atoms with Gasteiger partial charge in [0, 0.05) is 18.7 Å². The van der Waals surface area contributed by atoms with E-state index in [1.165, 1.54) is 0 Å². The molecule has 1 N–H and O–H groups in total. The van der Waals surface area contributed by atoms with E-state index < -0.39 is 0 Å². The number of hydrogen-bond donors (Lipinski definition) is 1. The Morgan fingerprint density at radius 1 is 1.50 bits per heavy atom. The summed E-state index contributed by atoms with van der Waals surface area (Å²) in [5.74, 6) is 0. The summed E-state index contributed by atoms with van der Waals surface area (Å²) < 4.78 is 1.90. The van der Waals surface area contributed by atoms with Crippen molar-refractivity contribution in [2.45, 2.75) is 39.3 Å². The van der Waals surface area contributed by atoms with Crippen molar-refractivity contribution in [3.63, 3.8) is 0 Å². The summed E-state index contributed by atoms with van der Waals surface area (Å²) in [5, 5.41) is 13.3. The normalized spacial score (nSPS) is 13.8. The van der Waals surface area contributed by atoms with Crippen LogP contribution < -0.4 is 0 Å². The van der Waals surface area contributed by atoms with E-state index in [-0.39, 0.29) is 6.10 Å². The highest BCUT2D eigenvalue weighted by molar-refractivity contribution is 5.05. The van der Waals surface area contributed by atoms with Gasteiger partial charge in [0.25, 0.3) is 0 Å². The fraction of sp³-hybridized carbons (Fsp3) is 0.667. The molecule has 3 heteroatoms. The van der Waals surface area contributed by atoms with Gasteiger partial charge in [-0.2, -0.15) is 5.10 Å². The molecule has 0 saturated carbocycles. The second-order valence-electron chi connectivity index (χ2n) is 3.48. The van der Waals surface area contributed by atoms with Gasteiger partial charge in [-0.15, -0.1) is 0 Å². The first-order valence-corrected chi connectivity index (χ1v) is 4.30. The first-order chi connectivity index (χ1) is 5.59. The summed E-state index contributed by atoms with van der Waals surface area (Å²) in [5.41, 5.74) is 1.10. The third-order valence-corrected chi connectivity index (χ3v) is 1.72. The van der Waals surface area contributed by atoms with E-state index in [0.717, 1.165) is 5.56 Å². The second-order valence-corrected chi connectivity index (χ2v) is 3.48. The molecule has 0 spiro atoms. The number of rotatable bonds is 3. The number of nitrogens with zero attached hydrogens (tertiary/aromatic N) is 2. The van der Waals surface area contributed by atoms with Crippen molar-refractivity contribution in [3.05, 3.63) is 18.0 Å². The Balaban J connectivity index is 2.64. The largest absolute Gasteiger partial charge is 0.393 e. The molecule has 12 heavy (non-hydrogen) atoms. The van der Waals surface area contributed by atoms with Crippen molar-refractivity contribution in [1.29, 1.82) is 0 Å². The van der Waals surface area contributed by atoms with Crippen LogP contribution in [-0.4, -0.2) is 21.0 Å². The zero-order valence-electron chi connectivity index (χ0n) is 7.86. The lowest BCUT2D eigenvalue weighted by atomic mass is 10.2. The molecule has 1 aromatic heterocycles. The van der Waals surface area contributed by atoms with Gasteiger partial charge in [-0.1, -0.05) is 0 Å². The number of aliphatic hydroxyl groups is 1. The van der Waals surface area contributed by atoms with E-state index in [1.54, 1.807) is 6.92 Å². The maximum absolute atomic E-state index is 9.12. The molecule has 1 heterocycles. The highest BCUT2D eigenvalue weighted by Gasteiger charge is 2.03. The maximum atomic E-state index is 9.12. The molecule has 0 saturated heterocycles. The summed E-state index contributed by atoms with van der Waals surface area (Å²) >= 11 is 0. The number of aliphatic hydroxyl groups excluding tert-OH is 1. The van der Waals surface area contributed by atoms with Crippen molar-refractivity contribution in [2.75, 3.05) is 0 Å². The molecule has 1 rings (SSSR count). The standard InChI is InChI=1S/C9H16N2O/c1-7(2)11-6-9(5-10-11)4-8(3)12/h5-8,12H,4H2,1-3H3/t8-/m0/s1. The average molecular weight is 168 g/mol. The molecule has 1 atom stereocenters. The summed E-state index contributed by atoms with van der Waals surface area (Å²) in [6.07, 6.45) is 4.20. The van der Waals surface area contributed by atoms with Crippen LogP contribution in [-0.2, 0) is 6.42 Å². The van der Waals surface area contributed by atoms with Gasteiger partial charge in [-0.3, -0.25) is 4.68 Å². The Morgan fingerprint density at radius 3 is 2.58 bits per heavy atom. The Hall–Kier alpha value is -0.830. The Kier molecular flexibility index (Phi) is 2.87. The van der Waals surface area contributed by atoms with Crippen molar-refractivity contribution in [3.8, 4) is 0 Å². The topological polar surface area (TPSA) is 38.0 Å². The highest BCUT2D eigenvalue weighted by atomic mass is 16.3. The van der Waals surface area contributed by atoms with Gasteiger partial charge in [0.05, 0.1) is 12.3 Å². The molecule has 1 aromatic rings. The Bertz CT molecular complexity index is 240. The molecule has 0 aromatic carbocycles. The van der Waals surface area contributed by atoms with E-state index >= 15 is 0 Å². The minimum absolute atomic E-state index is 0.283. The molecule has 0 unspecified atom stereocenters. The molecule has 0 aliphatic heterocycles. The van der Waals surface area contributed by atoms with Gasteiger partial charge in [0.1, 0.15) is 0 Å². The first-order valence-electron chi connectivity index (χ1n) is 4.30. The van der Waals surface area contributed by atoms with E-state index in [1.807, 2.05) is 17.1 Å². The molecular formula is C9H16N2O. The Labute approximate surface area is 73.0 Å². The van der Waals surface area contributed by atoms with Crippen LogP contribution in [0.25, 0.3) is 0 Å². The lowest BCUT2D eigenvalue weighted by Gasteiger charge is -2.03. The van der Waals surface area contributed by atoms with Gasteiger partial charge in [0.2, 0.25) is 0 Å². The van der Waals surface area contributed by atoms with Gasteiger partial charge < -0.3 is 5.11 Å². The molecule has 0 aliphatic rings. The molecule has 0 fully saturated rings. The second kappa shape index (κ2) is 3.72. The zero-order valence-corrected chi connectivity index (χ0v) is 7.86. The molecule has 0 radical (unpaired) electrons. The van der Waals surface area contributed by atoms with Crippen LogP contribution in [0, 0.1) is 0 Å². The van der Waals surface area contributed by atoms with Crippen molar-refractivity contribution in [2.24, 2.45) is 0 Å². The molecular weight excluding hydrogens is 152 g/mol. The van der Waals surface area contributed by atoms with Crippen molar-refractivity contribution < 1.29 is 5.11 Å².